The standard InChI is InChI=1S/C19H21N/c1-15-13-18(14-20(15)2)19(16-9-5-3-6-10-16)17-11-7-4-8-12-17/h3-12,15H,13-14H2,1-2H3/t15-/m0/s1. The highest BCUT2D eigenvalue weighted by Crippen LogP contribution is 2.33. The first-order valence-electron chi connectivity index (χ1n) is 7.29. The van der Waals surface area contributed by atoms with Crippen molar-refractivity contribution in [1.29, 1.82) is 0 Å². The first-order valence-corrected chi connectivity index (χ1v) is 7.29. The molecule has 0 aliphatic carbocycles. The summed E-state index contributed by atoms with van der Waals surface area (Å²) in [6.45, 7) is 3.38. The minimum Gasteiger partial charge on any atom is -0.299 e. The van der Waals surface area contributed by atoms with E-state index in [9.17, 15) is 0 Å². The van der Waals surface area contributed by atoms with Gasteiger partial charge in [-0.05, 0) is 42.7 Å². The van der Waals surface area contributed by atoms with Crippen LogP contribution in [0.2, 0.25) is 0 Å². The van der Waals surface area contributed by atoms with Crippen LogP contribution in [0.5, 0.6) is 0 Å². The van der Waals surface area contributed by atoms with Crippen LogP contribution in [0.3, 0.4) is 0 Å². The van der Waals surface area contributed by atoms with E-state index in [1.165, 1.54) is 16.7 Å². The van der Waals surface area contributed by atoms with E-state index in [0.717, 1.165) is 13.0 Å². The van der Waals surface area contributed by atoms with Crippen molar-refractivity contribution in [2.45, 2.75) is 19.4 Å². The molecule has 0 spiro atoms. The summed E-state index contributed by atoms with van der Waals surface area (Å²) in [5.74, 6) is 0. The third-order valence-electron chi connectivity index (χ3n) is 4.21. The molecule has 1 heterocycles. The van der Waals surface area contributed by atoms with Crippen LogP contribution in [0.4, 0.5) is 0 Å². The second-order valence-corrected chi connectivity index (χ2v) is 5.68. The monoisotopic (exact) mass is 263 g/mol. The zero-order valence-corrected chi connectivity index (χ0v) is 12.2. The van der Waals surface area contributed by atoms with Crippen LogP contribution in [-0.4, -0.2) is 24.5 Å². The summed E-state index contributed by atoms with van der Waals surface area (Å²) in [5.41, 5.74) is 5.63. The van der Waals surface area contributed by atoms with E-state index < -0.39 is 0 Å². The third kappa shape index (κ3) is 2.54. The van der Waals surface area contributed by atoms with Crippen LogP contribution in [0.15, 0.2) is 66.2 Å². The lowest BCUT2D eigenvalue weighted by Gasteiger charge is -2.13. The van der Waals surface area contributed by atoms with Gasteiger partial charge in [-0.2, -0.15) is 0 Å². The maximum atomic E-state index is 2.43. The van der Waals surface area contributed by atoms with Crippen LogP contribution in [-0.2, 0) is 0 Å². The number of nitrogens with zero attached hydrogens (tertiary/aromatic N) is 1. The predicted octanol–water partition coefficient (Wildman–Crippen LogP) is 4.21. The molecule has 2 aromatic rings. The topological polar surface area (TPSA) is 3.24 Å². The molecule has 2 aromatic carbocycles. The molecule has 0 radical (unpaired) electrons. The molecule has 0 unspecified atom stereocenters. The number of likely N-dealkylation sites (tertiary alicyclic amines) is 1. The SMILES string of the molecule is C[C@H]1CC(=C(c2ccccc2)c2ccccc2)CN1C. The van der Waals surface area contributed by atoms with Crippen LogP contribution in [0.25, 0.3) is 5.57 Å². The molecule has 1 heteroatoms. The minimum atomic E-state index is 0.632. The maximum absolute atomic E-state index is 2.43. The Labute approximate surface area is 121 Å². The second kappa shape index (κ2) is 5.64. The fraction of sp³-hybridized carbons (Fsp3) is 0.263. The van der Waals surface area contributed by atoms with Gasteiger partial charge in [-0.1, -0.05) is 60.7 Å². The molecule has 102 valence electrons. The first-order chi connectivity index (χ1) is 9.75. The molecule has 0 bridgehead atoms. The highest BCUT2D eigenvalue weighted by Gasteiger charge is 2.24. The summed E-state index contributed by atoms with van der Waals surface area (Å²) >= 11 is 0. The van der Waals surface area contributed by atoms with Crippen molar-refractivity contribution in [2.24, 2.45) is 0 Å². The minimum absolute atomic E-state index is 0.632. The Morgan fingerprint density at radius 3 is 1.80 bits per heavy atom. The van der Waals surface area contributed by atoms with Gasteiger partial charge >= 0.3 is 0 Å². The Bertz CT molecular complexity index is 545. The Kier molecular flexibility index (Phi) is 3.70. The number of rotatable bonds is 2. The largest absolute Gasteiger partial charge is 0.299 e. The van der Waals surface area contributed by atoms with E-state index in [1.807, 2.05) is 0 Å². The van der Waals surface area contributed by atoms with Crippen molar-refractivity contribution >= 4 is 5.57 Å². The Morgan fingerprint density at radius 2 is 1.40 bits per heavy atom. The van der Waals surface area contributed by atoms with Crippen molar-refractivity contribution in [2.75, 3.05) is 13.6 Å². The average Bonchev–Trinajstić information content (AvgIpc) is 2.81. The van der Waals surface area contributed by atoms with Crippen LogP contribution in [0, 0.1) is 0 Å². The van der Waals surface area contributed by atoms with Gasteiger partial charge in [-0.25, -0.2) is 0 Å². The Hall–Kier alpha value is -1.86. The second-order valence-electron chi connectivity index (χ2n) is 5.68. The van der Waals surface area contributed by atoms with E-state index in [4.69, 9.17) is 0 Å². The zero-order valence-electron chi connectivity index (χ0n) is 12.2. The molecule has 1 nitrogen and oxygen atoms in total. The lowest BCUT2D eigenvalue weighted by atomic mass is 9.92. The summed E-state index contributed by atoms with van der Waals surface area (Å²) in [4.78, 5) is 2.43. The Balaban J connectivity index is 2.13. The van der Waals surface area contributed by atoms with Gasteiger partial charge in [-0.15, -0.1) is 0 Å². The van der Waals surface area contributed by atoms with Crippen molar-refractivity contribution in [1.82, 2.24) is 4.90 Å². The third-order valence-corrected chi connectivity index (χ3v) is 4.21. The molecule has 1 fully saturated rings. The molecule has 1 atom stereocenters. The normalized spacial score (nSPS) is 19.3. The quantitative estimate of drug-likeness (QED) is 0.784. The molecular formula is C19H21N. The maximum Gasteiger partial charge on any atom is 0.0202 e. The highest BCUT2D eigenvalue weighted by molar-refractivity contribution is 5.82. The van der Waals surface area contributed by atoms with Crippen LogP contribution < -0.4 is 0 Å². The van der Waals surface area contributed by atoms with Gasteiger partial charge in [0.05, 0.1) is 0 Å². The van der Waals surface area contributed by atoms with Crippen molar-refractivity contribution in [3.8, 4) is 0 Å². The summed E-state index contributed by atoms with van der Waals surface area (Å²) in [6.07, 6.45) is 1.16. The molecule has 0 saturated carbocycles. The summed E-state index contributed by atoms with van der Waals surface area (Å²) < 4.78 is 0. The van der Waals surface area contributed by atoms with Gasteiger partial charge in [0.25, 0.3) is 0 Å². The summed E-state index contributed by atoms with van der Waals surface area (Å²) in [7, 11) is 2.21. The lowest BCUT2D eigenvalue weighted by molar-refractivity contribution is 0.332. The highest BCUT2D eigenvalue weighted by atomic mass is 15.1. The van der Waals surface area contributed by atoms with E-state index >= 15 is 0 Å². The van der Waals surface area contributed by atoms with Gasteiger partial charge < -0.3 is 0 Å². The molecular weight excluding hydrogens is 242 g/mol. The lowest BCUT2D eigenvalue weighted by Crippen LogP contribution is -2.20. The molecule has 3 rings (SSSR count). The smallest absolute Gasteiger partial charge is 0.0202 e. The molecule has 20 heavy (non-hydrogen) atoms. The van der Waals surface area contributed by atoms with Gasteiger partial charge in [0.2, 0.25) is 0 Å². The van der Waals surface area contributed by atoms with E-state index in [-0.39, 0.29) is 0 Å². The summed E-state index contributed by atoms with van der Waals surface area (Å²) in [6, 6.07) is 22.2. The molecule has 1 aliphatic heterocycles. The fourth-order valence-corrected chi connectivity index (χ4v) is 3.00. The Morgan fingerprint density at radius 1 is 0.900 bits per heavy atom. The van der Waals surface area contributed by atoms with Gasteiger partial charge in [0.15, 0.2) is 0 Å². The van der Waals surface area contributed by atoms with Crippen molar-refractivity contribution in [3.05, 3.63) is 77.4 Å². The first kappa shape index (κ1) is 13.1. The van der Waals surface area contributed by atoms with Gasteiger partial charge in [0, 0.05) is 12.6 Å². The van der Waals surface area contributed by atoms with E-state index in [2.05, 4.69) is 79.5 Å². The van der Waals surface area contributed by atoms with Crippen LogP contribution >= 0.6 is 0 Å². The van der Waals surface area contributed by atoms with Crippen molar-refractivity contribution in [3.63, 3.8) is 0 Å². The van der Waals surface area contributed by atoms with Crippen molar-refractivity contribution < 1.29 is 0 Å². The van der Waals surface area contributed by atoms with Crippen LogP contribution in [0.1, 0.15) is 24.5 Å². The molecule has 1 saturated heterocycles. The molecule has 1 aliphatic rings. The van der Waals surface area contributed by atoms with Gasteiger partial charge in [-0.3, -0.25) is 4.90 Å². The van der Waals surface area contributed by atoms with Gasteiger partial charge in [0.1, 0.15) is 0 Å². The fourth-order valence-electron chi connectivity index (χ4n) is 3.00. The predicted molar refractivity (Wildman–Crippen MR) is 85.6 cm³/mol. The number of likely N-dealkylation sites (N-methyl/N-ethyl adjacent to an activating group) is 1. The molecule has 0 aromatic heterocycles. The molecule has 0 N–H and O–H groups in total. The number of hydrogen-bond donors (Lipinski definition) is 0. The average molecular weight is 263 g/mol. The molecule has 0 amide bonds. The summed E-state index contributed by atoms with van der Waals surface area (Å²) in [5, 5.41) is 0. The zero-order chi connectivity index (χ0) is 13.9. The number of hydrogen-bond acceptors (Lipinski definition) is 1. The van der Waals surface area contributed by atoms with E-state index in [1.54, 1.807) is 5.57 Å². The van der Waals surface area contributed by atoms with E-state index in [0.29, 0.717) is 6.04 Å². The number of benzene rings is 2.